The van der Waals surface area contributed by atoms with Crippen LogP contribution in [0.15, 0.2) is 72.8 Å². The molecule has 1 amide bonds. The standard InChI is InChI=1S/C33H41N3O3/c1-4-25(2)26-14-20-29(21-15-26)39-24-10-23-36-31-12-8-7-11-30(31)35-32(36)13-6-5-9-22-34-33(37)27-16-18-28(38-3)19-17-27/h7-8,11-12,14-21,25H,4-6,9-10,13,22-24H2,1-3H3,(H,34,37). The Hall–Kier alpha value is -3.80. The number of para-hydroxylation sites is 2. The number of aromatic nitrogens is 2. The first-order valence-electron chi connectivity index (χ1n) is 14.2. The number of hydrogen-bond donors (Lipinski definition) is 1. The maximum Gasteiger partial charge on any atom is 0.251 e. The third-order valence-corrected chi connectivity index (χ3v) is 7.30. The van der Waals surface area contributed by atoms with E-state index in [4.69, 9.17) is 14.5 Å². The zero-order valence-corrected chi connectivity index (χ0v) is 23.5. The van der Waals surface area contributed by atoms with Gasteiger partial charge in [-0.1, -0.05) is 44.5 Å². The summed E-state index contributed by atoms with van der Waals surface area (Å²) in [5.74, 6) is 3.32. The molecule has 6 nitrogen and oxygen atoms in total. The molecule has 3 aromatic carbocycles. The van der Waals surface area contributed by atoms with Crippen LogP contribution < -0.4 is 14.8 Å². The SMILES string of the molecule is CCC(C)c1ccc(OCCCn2c(CCCCCNC(=O)c3ccc(OC)cc3)nc3ccccc32)cc1. The molecule has 1 heterocycles. The summed E-state index contributed by atoms with van der Waals surface area (Å²) in [7, 11) is 1.62. The first kappa shape index (κ1) is 28.2. The highest BCUT2D eigenvalue weighted by atomic mass is 16.5. The summed E-state index contributed by atoms with van der Waals surface area (Å²) in [4.78, 5) is 17.3. The summed E-state index contributed by atoms with van der Waals surface area (Å²) in [6, 6.07) is 24.0. The minimum atomic E-state index is -0.0480. The molecule has 0 saturated carbocycles. The fourth-order valence-electron chi connectivity index (χ4n) is 4.74. The number of unbranched alkanes of at least 4 members (excludes halogenated alkanes) is 2. The molecule has 1 unspecified atom stereocenters. The molecule has 0 fully saturated rings. The number of benzene rings is 3. The number of nitrogens with zero attached hydrogens (tertiary/aromatic N) is 2. The van der Waals surface area contributed by atoms with Crippen LogP contribution in [0.25, 0.3) is 11.0 Å². The van der Waals surface area contributed by atoms with E-state index in [0.29, 0.717) is 24.6 Å². The summed E-state index contributed by atoms with van der Waals surface area (Å²) in [6.45, 7) is 6.68. The number of fused-ring (bicyclic) bond motifs is 1. The minimum absolute atomic E-state index is 0.0480. The average Bonchev–Trinajstić information content (AvgIpc) is 3.34. The van der Waals surface area contributed by atoms with E-state index in [1.807, 2.05) is 6.07 Å². The topological polar surface area (TPSA) is 65.4 Å². The number of carbonyl (C=O) groups excluding carboxylic acids is 1. The maximum absolute atomic E-state index is 12.3. The Labute approximate surface area is 232 Å². The van der Waals surface area contributed by atoms with Crippen LogP contribution in [0.3, 0.4) is 0 Å². The molecular formula is C33H41N3O3. The Bertz CT molecular complexity index is 1310. The first-order chi connectivity index (χ1) is 19.1. The van der Waals surface area contributed by atoms with E-state index in [2.05, 4.69) is 66.2 Å². The van der Waals surface area contributed by atoms with E-state index in [1.54, 1.807) is 31.4 Å². The van der Waals surface area contributed by atoms with Crippen molar-refractivity contribution in [2.24, 2.45) is 0 Å². The molecule has 4 aromatic rings. The third-order valence-electron chi connectivity index (χ3n) is 7.30. The second-order valence-electron chi connectivity index (χ2n) is 10.0. The van der Waals surface area contributed by atoms with Crippen LogP contribution in [0.5, 0.6) is 11.5 Å². The minimum Gasteiger partial charge on any atom is -0.497 e. The van der Waals surface area contributed by atoms with Crippen molar-refractivity contribution in [3.05, 3.63) is 89.7 Å². The molecule has 0 radical (unpaired) electrons. The van der Waals surface area contributed by atoms with Gasteiger partial charge in [0.1, 0.15) is 17.3 Å². The lowest BCUT2D eigenvalue weighted by Crippen LogP contribution is -2.24. The molecule has 1 aromatic heterocycles. The zero-order chi connectivity index (χ0) is 27.5. The molecule has 0 aliphatic carbocycles. The number of ether oxygens (including phenoxy) is 2. The number of aryl methyl sites for hydroxylation is 2. The van der Waals surface area contributed by atoms with Crippen molar-refractivity contribution in [3.8, 4) is 11.5 Å². The number of amides is 1. The van der Waals surface area contributed by atoms with Gasteiger partial charge in [0.25, 0.3) is 5.91 Å². The van der Waals surface area contributed by atoms with Gasteiger partial charge < -0.3 is 19.4 Å². The van der Waals surface area contributed by atoms with E-state index in [1.165, 1.54) is 11.1 Å². The molecule has 206 valence electrons. The lowest BCUT2D eigenvalue weighted by molar-refractivity contribution is 0.0953. The molecule has 1 atom stereocenters. The quantitative estimate of drug-likeness (QED) is 0.166. The smallest absolute Gasteiger partial charge is 0.251 e. The Balaban J connectivity index is 1.22. The van der Waals surface area contributed by atoms with E-state index in [9.17, 15) is 4.79 Å². The second kappa shape index (κ2) is 14.4. The Kier molecular flexibility index (Phi) is 10.4. The number of carbonyl (C=O) groups is 1. The molecule has 0 spiro atoms. The van der Waals surface area contributed by atoms with E-state index in [-0.39, 0.29) is 5.91 Å². The van der Waals surface area contributed by atoms with E-state index in [0.717, 1.165) is 67.9 Å². The van der Waals surface area contributed by atoms with Crippen LogP contribution in [-0.4, -0.2) is 35.7 Å². The van der Waals surface area contributed by atoms with Gasteiger partial charge in [-0.2, -0.15) is 0 Å². The van der Waals surface area contributed by atoms with Crippen molar-refractivity contribution in [2.75, 3.05) is 20.3 Å². The predicted octanol–water partition coefficient (Wildman–Crippen LogP) is 7.17. The van der Waals surface area contributed by atoms with Crippen LogP contribution in [0, 0.1) is 0 Å². The molecule has 4 rings (SSSR count). The number of hydrogen-bond acceptors (Lipinski definition) is 4. The molecular weight excluding hydrogens is 486 g/mol. The summed E-state index contributed by atoms with van der Waals surface area (Å²) >= 11 is 0. The molecule has 0 saturated heterocycles. The van der Waals surface area contributed by atoms with Gasteiger partial charge in [0.05, 0.1) is 24.8 Å². The summed E-state index contributed by atoms with van der Waals surface area (Å²) in [5, 5.41) is 3.01. The summed E-state index contributed by atoms with van der Waals surface area (Å²) in [5.41, 5.74) is 4.23. The molecule has 0 bridgehead atoms. The fourth-order valence-corrected chi connectivity index (χ4v) is 4.74. The highest BCUT2D eigenvalue weighted by Gasteiger charge is 2.11. The molecule has 39 heavy (non-hydrogen) atoms. The average molecular weight is 528 g/mol. The van der Waals surface area contributed by atoms with Gasteiger partial charge in [0.2, 0.25) is 0 Å². The largest absolute Gasteiger partial charge is 0.497 e. The number of nitrogens with one attached hydrogen (secondary N) is 1. The fraction of sp³-hybridized carbons (Fsp3) is 0.394. The van der Waals surface area contributed by atoms with Gasteiger partial charge in [-0.3, -0.25) is 4.79 Å². The van der Waals surface area contributed by atoms with Gasteiger partial charge in [0, 0.05) is 25.1 Å². The number of imidazole rings is 1. The van der Waals surface area contributed by atoms with Gasteiger partial charge in [-0.15, -0.1) is 0 Å². The van der Waals surface area contributed by atoms with E-state index < -0.39 is 0 Å². The highest BCUT2D eigenvalue weighted by Crippen LogP contribution is 2.22. The van der Waals surface area contributed by atoms with Crippen LogP contribution in [0.4, 0.5) is 0 Å². The normalized spacial score (nSPS) is 11.9. The van der Waals surface area contributed by atoms with Crippen molar-refractivity contribution in [1.29, 1.82) is 0 Å². The van der Waals surface area contributed by atoms with E-state index >= 15 is 0 Å². The van der Waals surface area contributed by atoms with Crippen molar-refractivity contribution < 1.29 is 14.3 Å². The monoisotopic (exact) mass is 527 g/mol. The maximum atomic E-state index is 12.3. The van der Waals surface area contributed by atoms with Crippen molar-refractivity contribution in [2.45, 2.75) is 64.8 Å². The van der Waals surface area contributed by atoms with Crippen LogP contribution in [0.1, 0.15) is 73.6 Å². The molecule has 0 aliphatic heterocycles. The molecule has 0 aliphatic rings. The zero-order valence-electron chi connectivity index (χ0n) is 23.5. The Morgan fingerprint density at radius 1 is 0.923 bits per heavy atom. The van der Waals surface area contributed by atoms with Crippen LogP contribution in [0.2, 0.25) is 0 Å². The first-order valence-corrected chi connectivity index (χ1v) is 14.2. The van der Waals surface area contributed by atoms with Gasteiger partial charge >= 0.3 is 0 Å². The van der Waals surface area contributed by atoms with Crippen LogP contribution in [-0.2, 0) is 13.0 Å². The predicted molar refractivity (Wildman–Crippen MR) is 158 cm³/mol. The van der Waals surface area contributed by atoms with Crippen molar-refractivity contribution in [3.63, 3.8) is 0 Å². The molecule has 1 N–H and O–H groups in total. The van der Waals surface area contributed by atoms with Gasteiger partial charge in [0.15, 0.2) is 0 Å². The lowest BCUT2D eigenvalue weighted by Gasteiger charge is -2.12. The summed E-state index contributed by atoms with van der Waals surface area (Å²) in [6.07, 6.45) is 5.97. The van der Waals surface area contributed by atoms with Crippen molar-refractivity contribution in [1.82, 2.24) is 14.9 Å². The Morgan fingerprint density at radius 2 is 1.67 bits per heavy atom. The second-order valence-corrected chi connectivity index (χ2v) is 10.0. The van der Waals surface area contributed by atoms with Gasteiger partial charge in [-0.25, -0.2) is 4.98 Å². The third kappa shape index (κ3) is 7.85. The Morgan fingerprint density at radius 3 is 2.41 bits per heavy atom. The van der Waals surface area contributed by atoms with Crippen molar-refractivity contribution >= 4 is 16.9 Å². The summed E-state index contributed by atoms with van der Waals surface area (Å²) < 4.78 is 13.5. The lowest BCUT2D eigenvalue weighted by atomic mass is 9.99. The van der Waals surface area contributed by atoms with Crippen LogP contribution >= 0.6 is 0 Å². The van der Waals surface area contributed by atoms with Gasteiger partial charge in [-0.05, 0) is 85.7 Å². The number of rotatable bonds is 15. The molecule has 6 heteroatoms. The highest BCUT2D eigenvalue weighted by molar-refractivity contribution is 5.94. The number of methoxy groups -OCH3 is 1.